The maximum absolute atomic E-state index is 3.52. The van der Waals surface area contributed by atoms with Crippen LogP contribution in [0.15, 0.2) is 0 Å². The fourth-order valence-corrected chi connectivity index (χ4v) is 3.71. The number of piperidine rings is 2. The summed E-state index contributed by atoms with van der Waals surface area (Å²) in [7, 11) is 2.31. The lowest BCUT2D eigenvalue weighted by molar-refractivity contribution is 0.128. The number of hydrogen-bond acceptors (Lipinski definition) is 3. The lowest BCUT2D eigenvalue weighted by Crippen LogP contribution is -2.43. The van der Waals surface area contributed by atoms with Crippen LogP contribution in [0.1, 0.15) is 45.4 Å². The highest BCUT2D eigenvalue weighted by Gasteiger charge is 2.22. The summed E-state index contributed by atoms with van der Waals surface area (Å²) >= 11 is 0. The minimum Gasteiger partial charge on any atom is -0.317 e. The van der Waals surface area contributed by atoms with E-state index in [2.05, 4.69) is 29.1 Å². The molecule has 112 valence electrons. The molecular formula is C16H33N3. The highest BCUT2D eigenvalue weighted by molar-refractivity contribution is 4.79. The van der Waals surface area contributed by atoms with Crippen molar-refractivity contribution in [2.24, 2.45) is 5.92 Å². The fourth-order valence-electron chi connectivity index (χ4n) is 3.71. The van der Waals surface area contributed by atoms with Crippen molar-refractivity contribution < 1.29 is 0 Å². The minimum absolute atomic E-state index is 0.850. The highest BCUT2D eigenvalue weighted by Crippen LogP contribution is 2.20. The maximum Gasteiger partial charge on any atom is 0.0104 e. The van der Waals surface area contributed by atoms with Crippen LogP contribution in [0.3, 0.4) is 0 Å². The summed E-state index contributed by atoms with van der Waals surface area (Å²) in [5.41, 5.74) is 0. The van der Waals surface area contributed by atoms with Gasteiger partial charge in [-0.15, -0.1) is 0 Å². The molecule has 0 amide bonds. The first kappa shape index (κ1) is 15.3. The molecule has 0 aromatic heterocycles. The summed E-state index contributed by atoms with van der Waals surface area (Å²) in [5, 5.41) is 3.52. The van der Waals surface area contributed by atoms with E-state index in [1.807, 2.05) is 0 Å². The van der Waals surface area contributed by atoms with Crippen LogP contribution in [0.4, 0.5) is 0 Å². The molecule has 2 fully saturated rings. The minimum atomic E-state index is 0.850. The van der Waals surface area contributed by atoms with Crippen LogP contribution < -0.4 is 5.32 Å². The molecule has 2 atom stereocenters. The predicted molar refractivity (Wildman–Crippen MR) is 82.6 cm³/mol. The summed E-state index contributed by atoms with van der Waals surface area (Å²) in [6, 6.07) is 0.850. The summed E-state index contributed by atoms with van der Waals surface area (Å²) in [6.07, 6.45) is 8.47. The zero-order valence-corrected chi connectivity index (χ0v) is 13.0. The van der Waals surface area contributed by atoms with Gasteiger partial charge in [-0.1, -0.05) is 13.3 Å². The predicted octanol–water partition coefficient (Wildman–Crippen LogP) is 2.18. The number of nitrogens with zero attached hydrogens (tertiary/aromatic N) is 2. The third kappa shape index (κ3) is 5.05. The van der Waals surface area contributed by atoms with Crippen molar-refractivity contribution in [3.05, 3.63) is 0 Å². The van der Waals surface area contributed by atoms with Gasteiger partial charge < -0.3 is 15.1 Å². The fraction of sp³-hybridized carbons (Fsp3) is 1.00. The van der Waals surface area contributed by atoms with Crippen LogP contribution >= 0.6 is 0 Å². The molecule has 2 heterocycles. The average Bonchev–Trinajstić information content (AvgIpc) is 2.45. The third-order valence-electron chi connectivity index (χ3n) is 4.99. The van der Waals surface area contributed by atoms with E-state index in [4.69, 9.17) is 0 Å². The first-order chi connectivity index (χ1) is 9.29. The van der Waals surface area contributed by atoms with E-state index >= 15 is 0 Å². The van der Waals surface area contributed by atoms with E-state index in [9.17, 15) is 0 Å². The monoisotopic (exact) mass is 267 g/mol. The van der Waals surface area contributed by atoms with Gasteiger partial charge in [0.2, 0.25) is 0 Å². The van der Waals surface area contributed by atoms with Gasteiger partial charge in [-0.05, 0) is 77.8 Å². The second-order valence-corrected chi connectivity index (χ2v) is 6.54. The number of hydrogen-bond donors (Lipinski definition) is 1. The van der Waals surface area contributed by atoms with Crippen molar-refractivity contribution in [2.75, 3.05) is 46.3 Å². The maximum atomic E-state index is 3.52. The van der Waals surface area contributed by atoms with Crippen LogP contribution in [-0.4, -0.2) is 62.2 Å². The Morgan fingerprint density at radius 1 is 1.11 bits per heavy atom. The standard InChI is InChI=1S/C16H33N3/c1-3-17-13-15-7-6-11-19(14-15)12-9-16-8-4-5-10-18(16)2/h15-17H,3-14H2,1-2H3. The molecule has 0 radical (unpaired) electrons. The molecule has 1 N–H and O–H groups in total. The largest absolute Gasteiger partial charge is 0.317 e. The molecule has 2 saturated heterocycles. The molecule has 0 bridgehead atoms. The van der Waals surface area contributed by atoms with Gasteiger partial charge in [0.25, 0.3) is 0 Å². The third-order valence-corrected chi connectivity index (χ3v) is 4.99. The molecule has 0 aromatic carbocycles. The molecule has 3 heteroatoms. The van der Waals surface area contributed by atoms with Crippen LogP contribution in [-0.2, 0) is 0 Å². The lowest BCUT2D eigenvalue weighted by Gasteiger charge is -2.37. The zero-order valence-electron chi connectivity index (χ0n) is 13.0. The molecule has 2 rings (SSSR count). The van der Waals surface area contributed by atoms with Crippen molar-refractivity contribution in [3.63, 3.8) is 0 Å². The molecule has 2 aliphatic rings. The molecule has 2 aliphatic heterocycles. The SMILES string of the molecule is CCNCC1CCCN(CCC2CCCCN2C)C1. The van der Waals surface area contributed by atoms with Gasteiger partial charge in [-0.2, -0.15) is 0 Å². The number of nitrogens with one attached hydrogen (secondary N) is 1. The Morgan fingerprint density at radius 2 is 2.00 bits per heavy atom. The Morgan fingerprint density at radius 3 is 2.79 bits per heavy atom. The van der Waals surface area contributed by atoms with Crippen molar-refractivity contribution in [2.45, 2.75) is 51.5 Å². The lowest BCUT2D eigenvalue weighted by atomic mass is 9.96. The van der Waals surface area contributed by atoms with Gasteiger partial charge in [-0.25, -0.2) is 0 Å². The first-order valence-electron chi connectivity index (χ1n) is 8.43. The molecule has 0 aromatic rings. The molecule has 0 spiro atoms. The quantitative estimate of drug-likeness (QED) is 0.796. The van der Waals surface area contributed by atoms with Crippen molar-refractivity contribution >= 4 is 0 Å². The second-order valence-electron chi connectivity index (χ2n) is 6.54. The highest BCUT2D eigenvalue weighted by atomic mass is 15.2. The Balaban J connectivity index is 1.67. The smallest absolute Gasteiger partial charge is 0.0104 e. The van der Waals surface area contributed by atoms with Gasteiger partial charge >= 0.3 is 0 Å². The van der Waals surface area contributed by atoms with Gasteiger partial charge in [-0.3, -0.25) is 0 Å². The van der Waals surface area contributed by atoms with E-state index in [1.54, 1.807) is 0 Å². The van der Waals surface area contributed by atoms with Crippen LogP contribution in [0.5, 0.6) is 0 Å². The topological polar surface area (TPSA) is 18.5 Å². The Kier molecular flexibility index (Phi) is 6.62. The van der Waals surface area contributed by atoms with Crippen LogP contribution in [0.25, 0.3) is 0 Å². The van der Waals surface area contributed by atoms with E-state index < -0.39 is 0 Å². The molecule has 19 heavy (non-hydrogen) atoms. The Hall–Kier alpha value is -0.120. The molecular weight excluding hydrogens is 234 g/mol. The molecule has 0 aliphatic carbocycles. The van der Waals surface area contributed by atoms with E-state index in [1.165, 1.54) is 71.2 Å². The summed E-state index contributed by atoms with van der Waals surface area (Å²) in [6.45, 7) is 9.83. The number of likely N-dealkylation sites (tertiary alicyclic amines) is 2. The van der Waals surface area contributed by atoms with Gasteiger partial charge in [0.05, 0.1) is 0 Å². The van der Waals surface area contributed by atoms with Gasteiger partial charge in [0.1, 0.15) is 0 Å². The Labute approximate surface area is 119 Å². The first-order valence-corrected chi connectivity index (χ1v) is 8.43. The average molecular weight is 267 g/mol. The molecule has 3 nitrogen and oxygen atoms in total. The summed E-state index contributed by atoms with van der Waals surface area (Å²) in [4.78, 5) is 5.30. The summed E-state index contributed by atoms with van der Waals surface area (Å²) < 4.78 is 0. The molecule has 0 saturated carbocycles. The van der Waals surface area contributed by atoms with E-state index in [0.717, 1.165) is 18.5 Å². The normalized spacial score (nSPS) is 30.6. The molecule has 2 unspecified atom stereocenters. The van der Waals surface area contributed by atoms with Crippen LogP contribution in [0, 0.1) is 5.92 Å². The second kappa shape index (κ2) is 8.23. The van der Waals surface area contributed by atoms with Gasteiger partial charge in [0, 0.05) is 12.6 Å². The van der Waals surface area contributed by atoms with E-state index in [0.29, 0.717) is 0 Å². The van der Waals surface area contributed by atoms with Crippen LogP contribution in [0.2, 0.25) is 0 Å². The number of rotatable bonds is 6. The summed E-state index contributed by atoms with van der Waals surface area (Å²) in [5.74, 6) is 0.887. The van der Waals surface area contributed by atoms with Crippen molar-refractivity contribution in [1.29, 1.82) is 0 Å². The van der Waals surface area contributed by atoms with Crippen molar-refractivity contribution in [3.8, 4) is 0 Å². The van der Waals surface area contributed by atoms with Gasteiger partial charge in [0.15, 0.2) is 0 Å². The van der Waals surface area contributed by atoms with Crippen molar-refractivity contribution in [1.82, 2.24) is 15.1 Å². The zero-order chi connectivity index (χ0) is 13.5. The van der Waals surface area contributed by atoms with E-state index in [-0.39, 0.29) is 0 Å². The Bertz CT molecular complexity index is 244.